The third-order valence-corrected chi connectivity index (χ3v) is 4.71. The summed E-state index contributed by atoms with van der Waals surface area (Å²) in [5.41, 5.74) is 2.57. The number of nitro benzene ring substituents is 1. The summed E-state index contributed by atoms with van der Waals surface area (Å²) in [7, 11) is 1.26. The molecule has 7 nitrogen and oxygen atoms in total. The number of hydrogen-bond acceptors (Lipinski definition) is 5. The van der Waals surface area contributed by atoms with Crippen molar-refractivity contribution >= 4 is 23.3 Å². The molecule has 1 aliphatic heterocycles. The summed E-state index contributed by atoms with van der Waals surface area (Å²) in [5, 5.41) is 11.5. The van der Waals surface area contributed by atoms with Gasteiger partial charge in [-0.1, -0.05) is 18.2 Å². The molecular formula is C19H18N2O5. The molecular weight excluding hydrogens is 336 g/mol. The fourth-order valence-corrected chi connectivity index (χ4v) is 3.21. The summed E-state index contributed by atoms with van der Waals surface area (Å²) in [6.45, 7) is 3.53. The minimum absolute atomic E-state index is 0.0382. The Balaban J connectivity index is 2.15. The number of nitrogens with zero attached hydrogens (tertiary/aromatic N) is 2. The van der Waals surface area contributed by atoms with Gasteiger partial charge in [0.25, 0.3) is 11.6 Å². The maximum atomic E-state index is 13.2. The Hall–Kier alpha value is -3.22. The number of aryl methyl sites for hydroxylation is 2. The summed E-state index contributed by atoms with van der Waals surface area (Å²) in [4.78, 5) is 37.7. The highest BCUT2D eigenvalue weighted by Crippen LogP contribution is 2.35. The summed E-state index contributed by atoms with van der Waals surface area (Å²) in [5.74, 6) is -1.14. The molecule has 3 rings (SSSR count). The molecule has 0 N–H and O–H groups in total. The number of carbonyl (C=O) groups is 2. The van der Waals surface area contributed by atoms with E-state index >= 15 is 0 Å². The first-order chi connectivity index (χ1) is 12.3. The number of hydrogen-bond donors (Lipinski definition) is 0. The maximum Gasteiger partial charge on any atom is 0.329 e. The van der Waals surface area contributed by atoms with Gasteiger partial charge >= 0.3 is 5.97 Å². The number of ether oxygens (including phenoxy) is 1. The Morgan fingerprint density at radius 1 is 1.19 bits per heavy atom. The molecule has 2 aromatic carbocycles. The fraction of sp³-hybridized carbons (Fsp3) is 0.263. The number of rotatable bonds is 3. The highest BCUT2D eigenvalue weighted by molar-refractivity contribution is 6.13. The van der Waals surface area contributed by atoms with E-state index < -0.39 is 22.8 Å². The minimum Gasteiger partial charge on any atom is -0.467 e. The lowest BCUT2D eigenvalue weighted by Crippen LogP contribution is -2.43. The van der Waals surface area contributed by atoms with Crippen LogP contribution >= 0.6 is 0 Å². The topological polar surface area (TPSA) is 89.8 Å². The SMILES string of the molecule is COC(=O)[C@@H]1Cc2ccccc2N1C(=O)c1cc(C)c(C)cc1[N+](=O)[O-]. The van der Waals surface area contributed by atoms with Gasteiger partial charge < -0.3 is 4.74 Å². The predicted octanol–water partition coefficient (Wildman–Crippen LogP) is 2.96. The molecule has 0 spiro atoms. The van der Waals surface area contributed by atoms with E-state index in [1.54, 1.807) is 26.0 Å². The number of benzene rings is 2. The van der Waals surface area contributed by atoms with Gasteiger partial charge in [0.15, 0.2) is 0 Å². The van der Waals surface area contributed by atoms with E-state index in [0.29, 0.717) is 12.1 Å². The first-order valence-electron chi connectivity index (χ1n) is 8.10. The average Bonchev–Trinajstić information content (AvgIpc) is 3.01. The van der Waals surface area contributed by atoms with Crippen LogP contribution in [0.2, 0.25) is 0 Å². The van der Waals surface area contributed by atoms with Crippen LogP contribution < -0.4 is 4.90 Å². The predicted molar refractivity (Wildman–Crippen MR) is 95.3 cm³/mol. The third kappa shape index (κ3) is 2.81. The molecule has 1 heterocycles. The molecule has 0 radical (unpaired) electrons. The molecule has 0 aliphatic carbocycles. The zero-order valence-electron chi connectivity index (χ0n) is 14.7. The highest BCUT2D eigenvalue weighted by atomic mass is 16.6. The number of amides is 1. The van der Waals surface area contributed by atoms with Crippen LogP contribution in [0.15, 0.2) is 36.4 Å². The van der Waals surface area contributed by atoms with Crippen LogP contribution in [0.4, 0.5) is 11.4 Å². The lowest BCUT2D eigenvalue weighted by molar-refractivity contribution is -0.385. The Kier molecular flexibility index (Phi) is 4.46. The van der Waals surface area contributed by atoms with Crippen molar-refractivity contribution < 1.29 is 19.2 Å². The number of anilines is 1. The first-order valence-corrected chi connectivity index (χ1v) is 8.10. The van der Waals surface area contributed by atoms with Crippen molar-refractivity contribution in [2.75, 3.05) is 12.0 Å². The van der Waals surface area contributed by atoms with Gasteiger partial charge in [-0.2, -0.15) is 0 Å². The fourth-order valence-electron chi connectivity index (χ4n) is 3.21. The van der Waals surface area contributed by atoms with Crippen LogP contribution in [0.1, 0.15) is 27.0 Å². The van der Waals surface area contributed by atoms with Gasteiger partial charge in [0.2, 0.25) is 0 Å². The summed E-state index contributed by atoms with van der Waals surface area (Å²) in [6, 6.07) is 9.18. The van der Waals surface area contributed by atoms with Crippen molar-refractivity contribution in [2.24, 2.45) is 0 Å². The van der Waals surface area contributed by atoms with Crippen LogP contribution in [0, 0.1) is 24.0 Å². The largest absolute Gasteiger partial charge is 0.467 e. The number of esters is 1. The minimum atomic E-state index is -0.842. The lowest BCUT2D eigenvalue weighted by Gasteiger charge is -2.24. The van der Waals surface area contributed by atoms with Gasteiger partial charge in [-0.25, -0.2) is 4.79 Å². The van der Waals surface area contributed by atoms with Crippen molar-refractivity contribution in [3.8, 4) is 0 Å². The van der Waals surface area contributed by atoms with Crippen molar-refractivity contribution in [3.05, 3.63) is 68.8 Å². The third-order valence-electron chi connectivity index (χ3n) is 4.71. The molecule has 0 aromatic heterocycles. The quantitative estimate of drug-likeness (QED) is 0.480. The van der Waals surface area contributed by atoms with E-state index in [2.05, 4.69) is 0 Å². The van der Waals surface area contributed by atoms with Gasteiger partial charge in [0, 0.05) is 18.2 Å². The second kappa shape index (κ2) is 6.59. The molecule has 2 aromatic rings. The second-order valence-corrected chi connectivity index (χ2v) is 6.26. The monoisotopic (exact) mass is 354 g/mol. The highest BCUT2D eigenvalue weighted by Gasteiger charge is 2.41. The number of carbonyl (C=O) groups excluding carboxylic acids is 2. The summed E-state index contributed by atoms with van der Waals surface area (Å²) in [6.07, 6.45) is 0.313. The molecule has 0 bridgehead atoms. The molecule has 26 heavy (non-hydrogen) atoms. The van der Waals surface area contributed by atoms with Crippen molar-refractivity contribution in [3.63, 3.8) is 0 Å². The van der Waals surface area contributed by atoms with Gasteiger partial charge in [0.05, 0.1) is 12.0 Å². The molecule has 7 heteroatoms. The zero-order chi connectivity index (χ0) is 19.0. The van der Waals surface area contributed by atoms with Crippen LogP contribution in [0.25, 0.3) is 0 Å². The second-order valence-electron chi connectivity index (χ2n) is 6.26. The maximum absolute atomic E-state index is 13.2. The lowest BCUT2D eigenvalue weighted by atomic mass is 10.0. The van der Waals surface area contributed by atoms with Crippen molar-refractivity contribution in [2.45, 2.75) is 26.3 Å². The van der Waals surface area contributed by atoms with Crippen LogP contribution in [0.3, 0.4) is 0 Å². The smallest absolute Gasteiger partial charge is 0.329 e. The summed E-state index contributed by atoms with van der Waals surface area (Å²) >= 11 is 0. The first kappa shape index (κ1) is 17.6. The van der Waals surface area contributed by atoms with E-state index in [1.807, 2.05) is 12.1 Å². The standard InChI is InChI=1S/C19H18N2O5/c1-11-8-14(16(21(24)25)9-12(11)2)18(22)20-15-7-5-4-6-13(15)10-17(20)19(23)26-3/h4-9,17H,10H2,1-3H3/t17-/m0/s1. The Morgan fingerprint density at radius 3 is 2.50 bits per heavy atom. The van der Waals surface area contributed by atoms with E-state index in [1.165, 1.54) is 24.1 Å². The van der Waals surface area contributed by atoms with Crippen molar-refractivity contribution in [1.29, 1.82) is 0 Å². The number of methoxy groups -OCH3 is 1. The van der Waals surface area contributed by atoms with Gasteiger partial charge in [-0.05, 0) is 42.7 Å². The molecule has 0 saturated heterocycles. The molecule has 1 atom stereocenters. The number of fused-ring (bicyclic) bond motifs is 1. The zero-order valence-corrected chi connectivity index (χ0v) is 14.7. The van der Waals surface area contributed by atoms with Crippen LogP contribution in [-0.2, 0) is 16.0 Å². The van der Waals surface area contributed by atoms with E-state index in [0.717, 1.165) is 16.7 Å². The molecule has 134 valence electrons. The molecule has 0 saturated carbocycles. The number of nitro groups is 1. The molecule has 0 unspecified atom stereocenters. The summed E-state index contributed by atoms with van der Waals surface area (Å²) < 4.78 is 4.84. The van der Waals surface area contributed by atoms with E-state index in [-0.39, 0.29) is 11.3 Å². The van der Waals surface area contributed by atoms with Gasteiger partial charge in [-0.15, -0.1) is 0 Å². The van der Waals surface area contributed by atoms with E-state index in [9.17, 15) is 19.7 Å². The molecule has 1 amide bonds. The average molecular weight is 354 g/mol. The van der Waals surface area contributed by atoms with Gasteiger partial charge in [-0.3, -0.25) is 19.8 Å². The Bertz CT molecular complexity index is 922. The molecule has 0 fully saturated rings. The van der Waals surface area contributed by atoms with Gasteiger partial charge in [0.1, 0.15) is 11.6 Å². The Labute approximate surface area is 150 Å². The van der Waals surface area contributed by atoms with Crippen molar-refractivity contribution in [1.82, 2.24) is 0 Å². The normalized spacial score (nSPS) is 15.5. The van der Waals surface area contributed by atoms with E-state index in [4.69, 9.17) is 4.74 Å². The number of para-hydroxylation sites is 1. The van der Waals surface area contributed by atoms with Crippen LogP contribution in [0.5, 0.6) is 0 Å². The molecule has 1 aliphatic rings. The van der Waals surface area contributed by atoms with Crippen LogP contribution in [-0.4, -0.2) is 30.0 Å². The Morgan fingerprint density at radius 2 is 1.85 bits per heavy atom.